The van der Waals surface area contributed by atoms with Crippen LogP contribution in [0.3, 0.4) is 0 Å². The van der Waals surface area contributed by atoms with Crippen LogP contribution in [0, 0.1) is 6.92 Å². The predicted octanol–water partition coefficient (Wildman–Crippen LogP) is 0.807. The van der Waals surface area contributed by atoms with Gasteiger partial charge in [0.1, 0.15) is 0 Å². The average Bonchev–Trinajstić information content (AvgIpc) is 2.91. The lowest BCUT2D eigenvalue weighted by Gasteiger charge is -2.34. The molecule has 2 unspecified atom stereocenters. The summed E-state index contributed by atoms with van der Waals surface area (Å²) in [6, 6.07) is 4.93. The minimum Gasteiger partial charge on any atom is -0.311 e. The van der Waals surface area contributed by atoms with Crippen molar-refractivity contribution in [1.29, 1.82) is 0 Å². The first kappa shape index (κ1) is 18.8. The van der Waals surface area contributed by atoms with Crippen LogP contribution in [0.4, 0.5) is 0 Å². The Bertz CT molecular complexity index is 855. The molecular formula is C16H25N3O4S2. The molecule has 3 rings (SSSR count). The van der Waals surface area contributed by atoms with E-state index in [0.29, 0.717) is 17.6 Å². The summed E-state index contributed by atoms with van der Waals surface area (Å²) < 4.78 is 53.6. The Labute approximate surface area is 149 Å². The number of aryl methyl sites for hydroxylation is 1. The number of nitrogens with one attached hydrogen (secondary N) is 2. The highest BCUT2D eigenvalue weighted by Gasteiger charge is 2.38. The molecule has 2 atom stereocenters. The summed E-state index contributed by atoms with van der Waals surface area (Å²) in [6.07, 6.45) is 3.84. The van der Waals surface area contributed by atoms with Gasteiger partial charge in [-0.05, 0) is 63.4 Å². The summed E-state index contributed by atoms with van der Waals surface area (Å²) in [5, 5.41) is 3.51. The van der Waals surface area contributed by atoms with Crippen molar-refractivity contribution in [2.45, 2.75) is 60.5 Å². The fraction of sp³-hybridized carbons (Fsp3) is 0.625. The van der Waals surface area contributed by atoms with Crippen LogP contribution in [0.2, 0.25) is 0 Å². The number of sulfonamides is 2. The van der Waals surface area contributed by atoms with E-state index in [2.05, 4.69) is 10.0 Å². The monoisotopic (exact) mass is 387 g/mol. The van der Waals surface area contributed by atoms with Crippen molar-refractivity contribution in [2.24, 2.45) is 0 Å². The minimum absolute atomic E-state index is 0.0234. The molecule has 2 aliphatic rings. The summed E-state index contributed by atoms with van der Waals surface area (Å²) in [5.74, 6) is 0. The van der Waals surface area contributed by atoms with Gasteiger partial charge in [0.25, 0.3) is 0 Å². The van der Waals surface area contributed by atoms with E-state index in [9.17, 15) is 16.8 Å². The fourth-order valence-corrected chi connectivity index (χ4v) is 6.29. The smallest absolute Gasteiger partial charge is 0.243 e. The van der Waals surface area contributed by atoms with Crippen LogP contribution < -0.4 is 10.0 Å². The number of hydrogen-bond donors (Lipinski definition) is 2. The first-order valence-corrected chi connectivity index (χ1v) is 11.4. The largest absolute Gasteiger partial charge is 0.311 e. The maximum atomic E-state index is 13.0. The quantitative estimate of drug-likeness (QED) is 0.779. The lowest BCUT2D eigenvalue weighted by Crippen LogP contribution is -2.48. The molecule has 25 heavy (non-hydrogen) atoms. The molecule has 0 radical (unpaired) electrons. The molecule has 1 aromatic rings. The molecule has 2 N–H and O–H groups in total. The second-order valence-corrected chi connectivity index (χ2v) is 10.8. The normalized spacial score (nSPS) is 27.0. The molecular weight excluding hydrogens is 362 g/mol. The highest BCUT2D eigenvalue weighted by molar-refractivity contribution is 7.89. The van der Waals surface area contributed by atoms with Crippen molar-refractivity contribution in [2.75, 3.05) is 14.1 Å². The standard InChI is InChI=1S/C16H25N3O4S2/c1-11-8-15(6-7-16(11)24(20,21)17-2)25(22,23)19(3)14-9-12-4-5-13(10-14)18-12/h6-8,12-14,17-18H,4-5,9-10H2,1-3H3. The summed E-state index contributed by atoms with van der Waals surface area (Å²) in [6.45, 7) is 1.61. The zero-order valence-electron chi connectivity index (χ0n) is 14.7. The van der Waals surface area contributed by atoms with Gasteiger partial charge in [-0.15, -0.1) is 0 Å². The lowest BCUT2D eigenvalue weighted by atomic mass is 10.0. The van der Waals surface area contributed by atoms with Crippen LogP contribution in [-0.2, 0) is 20.0 Å². The Morgan fingerprint density at radius 1 is 1.12 bits per heavy atom. The SMILES string of the molecule is CNS(=O)(=O)c1ccc(S(=O)(=O)N(C)C2CC3CCC(C2)N3)cc1C. The maximum absolute atomic E-state index is 13.0. The topological polar surface area (TPSA) is 95.6 Å². The van der Waals surface area contributed by atoms with Gasteiger partial charge < -0.3 is 5.32 Å². The maximum Gasteiger partial charge on any atom is 0.243 e. The van der Waals surface area contributed by atoms with Crippen molar-refractivity contribution >= 4 is 20.0 Å². The Hall–Kier alpha value is -1.00. The molecule has 2 heterocycles. The van der Waals surface area contributed by atoms with E-state index < -0.39 is 20.0 Å². The summed E-state index contributed by atoms with van der Waals surface area (Å²) in [5.41, 5.74) is 0.411. The summed E-state index contributed by atoms with van der Waals surface area (Å²) >= 11 is 0. The van der Waals surface area contributed by atoms with Crippen LogP contribution in [0.15, 0.2) is 28.0 Å². The van der Waals surface area contributed by atoms with Crippen molar-refractivity contribution in [3.63, 3.8) is 0 Å². The van der Waals surface area contributed by atoms with Crippen LogP contribution >= 0.6 is 0 Å². The number of hydrogen-bond acceptors (Lipinski definition) is 5. The fourth-order valence-electron chi connectivity index (χ4n) is 3.88. The van der Waals surface area contributed by atoms with Gasteiger partial charge in [-0.1, -0.05) is 0 Å². The van der Waals surface area contributed by atoms with Gasteiger partial charge in [0.2, 0.25) is 20.0 Å². The third-order valence-corrected chi connectivity index (χ3v) is 8.82. The molecule has 1 aromatic carbocycles. The first-order valence-electron chi connectivity index (χ1n) is 8.43. The average molecular weight is 388 g/mol. The number of benzene rings is 1. The first-order chi connectivity index (χ1) is 11.6. The van der Waals surface area contributed by atoms with Crippen molar-refractivity contribution < 1.29 is 16.8 Å². The molecule has 0 spiro atoms. The van der Waals surface area contributed by atoms with Gasteiger partial charge in [0, 0.05) is 25.2 Å². The van der Waals surface area contributed by atoms with E-state index >= 15 is 0 Å². The number of nitrogens with zero attached hydrogens (tertiary/aromatic N) is 1. The summed E-state index contributed by atoms with van der Waals surface area (Å²) in [4.78, 5) is 0.227. The predicted molar refractivity (Wildman–Crippen MR) is 95.3 cm³/mol. The zero-order valence-corrected chi connectivity index (χ0v) is 16.3. The molecule has 0 amide bonds. The van der Waals surface area contributed by atoms with E-state index in [1.807, 2.05) is 0 Å². The minimum atomic E-state index is -3.66. The van der Waals surface area contributed by atoms with Crippen LogP contribution in [0.5, 0.6) is 0 Å². The molecule has 0 aromatic heterocycles. The van der Waals surface area contributed by atoms with Gasteiger partial charge in [0.05, 0.1) is 9.79 Å². The Morgan fingerprint density at radius 3 is 2.24 bits per heavy atom. The van der Waals surface area contributed by atoms with Gasteiger partial charge in [-0.2, -0.15) is 4.31 Å². The molecule has 0 saturated carbocycles. The number of fused-ring (bicyclic) bond motifs is 2. The highest BCUT2D eigenvalue weighted by Crippen LogP contribution is 2.32. The van der Waals surface area contributed by atoms with E-state index in [1.165, 1.54) is 29.6 Å². The Balaban J connectivity index is 1.88. The van der Waals surface area contributed by atoms with E-state index in [4.69, 9.17) is 0 Å². The zero-order chi connectivity index (χ0) is 18.4. The van der Waals surface area contributed by atoms with Gasteiger partial charge >= 0.3 is 0 Å². The number of piperidine rings is 1. The third kappa shape index (κ3) is 3.48. The second kappa shape index (κ2) is 6.62. The van der Waals surface area contributed by atoms with Gasteiger partial charge in [-0.3, -0.25) is 0 Å². The van der Waals surface area contributed by atoms with Gasteiger partial charge in [0.15, 0.2) is 0 Å². The Morgan fingerprint density at radius 2 is 1.72 bits per heavy atom. The van der Waals surface area contributed by atoms with Crippen molar-refractivity contribution in [3.8, 4) is 0 Å². The van der Waals surface area contributed by atoms with Crippen LogP contribution in [-0.4, -0.2) is 53.4 Å². The van der Waals surface area contributed by atoms with Crippen LogP contribution in [0.1, 0.15) is 31.2 Å². The van der Waals surface area contributed by atoms with Crippen molar-refractivity contribution in [3.05, 3.63) is 23.8 Å². The molecule has 140 valence electrons. The molecule has 2 aliphatic heterocycles. The summed E-state index contributed by atoms with van der Waals surface area (Å²) in [7, 11) is -4.31. The molecule has 0 aliphatic carbocycles. The van der Waals surface area contributed by atoms with E-state index in [1.54, 1.807) is 14.0 Å². The molecule has 2 fully saturated rings. The van der Waals surface area contributed by atoms with E-state index in [-0.39, 0.29) is 15.8 Å². The second-order valence-electron chi connectivity index (χ2n) is 6.92. The van der Waals surface area contributed by atoms with Gasteiger partial charge in [-0.25, -0.2) is 21.6 Å². The third-order valence-electron chi connectivity index (χ3n) is 5.34. The number of rotatable bonds is 5. The molecule has 2 saturated heterocycles. The molecule has 2 bridgehead atoms. The van der Waals surface area contributed by atoms with Crippen molar-refractivity contribution in [1.82, 2.24) is 14.3 Å². The highest BCUT2D eigenvalue weighted by atomic mass is 32.2. The molecule has 9 heteroatoms. The Kier molecular flexibility index (Phi) is 4.97. The van der Waals surface area contributed by atoms with E-state index in [0.717, 1.165) is 25.7 Å². The van der Waals surface area contributed by atoms with Crippen LogP contribution in [0.25, 0.3) is 0 Å². The molecule has 7 nitrogen and oxygen atoms in total. The lowest BCUT2D eigenvalue weighted by molar-refractivity contribution is 0.251.